The van der Waals surface area contributed by atoms with E-state index in [0.29, 0.717) is 37.9 Å². The number of hydrogen-bond acceptors (Lipinski definition) is 8. The summed E-state index contributed by atoms with van der Waals surface area (Å²) >= 11 is 0. The fraction of sp³-hybridized carbons (Fsp3) is 0.523. The van der Waals surface area contributed by atoms with E-state index in [1.165, 1.54) is 12.7 Å². The zero-order valence-electron chi connectivity index (χ0n) is 32.9. The van der Waals surface area contributed by atoms with Gasteiger partial charge in [0.15, 0.2) is 0 Å². The summed E-state index contributed by atoms with van der Waals surface area (Å²) in [5, 5.41) is 2.87. The second-order valence-corrected chi connectivity index (χ2v) is 17.8. The molecule has 3 saturated heterocycles. The minimum atomic E-state index is -0.661. The van der Waals surface area contributed by atoms with Crippen LogP contribution in [-0.4, -0.2) is 91.9 Å². The van der Waals surface area contributed by atoms with Gasteiger partial charge >= 0.3 is 12.2 Å². The molecule has 2 aromatic heterocycles. The van der Waals surface area contributed by atoms with Gasteiger partial charge in [-0.1, -0.05) is 17.9 Å². The van der Waals surface area contributed by atoms with E-state index in [9.17, 15) is 14.4 Å². The van der Waals surface area contributed by atoms with Crippen molar-refractivity contribution in [3.05, 3.63) is 70.4 Å². The number of alkyl carbamates (subject to hydrolysis) is 1. The van der Waals surface area contributed by atoms with Crippen molar-refractivity contribution in [2.75, 3.05) is 20.3 Å². The van der Waals surface area contributed by atoms with Crippen LogP contribution in [0.4, 0.5) is 9.59 Å². The Morgan fingerprint density at radius 1 is 0.877 bits per heavy atom. The highest BCUT2D eigenvalue weighted by molar-refractivity contribution is 5.87. The third kappa shape index (κ3) is 6.71. The normalized spacial score (nSPS) is 26.4. The molecule has 7 atom stereocenters. The maximum atomic E-state index is 14.3. The molecule has 3 aliphatic heterocycles. The Morgan fingerprint density at radius 3 is 2.30 bits per heavy atom. The average molecular weight is 772 g/mol. The first-order chi connectivity index (χ1) is 27.5. The number of carbonyl (C=O) groups is 3. The minimum Gasteiger partial charge on any atom is -0.453 e. The van der Waals surface area contributed by atoms with Crippen LogP contribution in [0.25, 0.3) is 22.3 Å². The van der Waals surface area contributed by atoms with Crippen molar-refractivity contribution < 1.29 is 28.6 Å². The Hall–Kier alpha value is -5.35. The monoisotopic (exact) mass is 771 g/mol. The van der Waals surface area contributed by atoms with Crippen molar-refractivity contribution in [3.63, 3.8) is 0 Å². The van der Waals surface area contributed by atoms with Crippen LogP contribution in [0.15, 0.2) is 36.4 Å². The molecule has 0 spiro atoms. The van der Waals surface area contributed by atoms with E-state index in [1.807, 2.05) is 48.8 Å². The summed E-state index contributed by atoms with van der Waals surface area (Å²) in [5.74, 6) is 9.24. The third-order valence-corrected chi connectivity index (χ3v) is 12.8. The molecule has 3 aliphatic carbocycles. The van der Waals surface area contributed by atoms with Gasteiger partial charge in [-0.15, -0.1) is 0 Å². The third-order valence-electron chi connectivity index (χ3n) is 12.8. The van der Waals surface area contributed by atoms with E-state index < -0.39 is 17.7 Å². The van der Waals surface area contributed by atoms with Gasteiger partial charge in [0, 0.05) is 47.7 Å². The van der Waals surface area contributed by atoms with Gasteiger partial charge in [0.2, 0.25) is 5.91 Å². The number of aryl methyl sites for hydroxylation is 2. The number of methoxy groups -OCH3 is 1. The lowest BCUT2D eigenvalue weighted by molar-refractivity contribution is -0.138. The number of aromatic nitrogens is 4. The van der Waals surface area contributed by atoms with Crippen LogP contribution in [0.5, 0.6) is 0 Å². The predicted molar refractivity (Wildman–Crippen MR) is 210 cm³/mol. The Balaban J connectivity index is 0.859. The number of nitrogens with zero attached hydrogens (tertiary/aromatic N) is 4. The molecule has 0 radical (unpaired) electrons. The van der Waals surface area contributed by atoms with Crippen LogP contribution < -0.4 is 5.32 Å². The van der Waals surface area contributed by atoms with Crippen LogP contribution in [-0.2, 0) is 31.8 Å². The van der Waals surface area contributed by atoms with E-state index in [0.717, 1.165) is 89.3 Å². The lowest BCUT2D eigenvalue weighted by Crippen LogP contribution is -2.54. The molecule has 3 amide bonds. The summed E-state index contributed by atoms with van der Waals surface area (Å²) in [7, 11) is 1.33. The number of fused-ring (bicyclic) bond motifs is 6. The number of benzene rings is 2. The molecule has 4 aromatic rings. The molecule has 0 bridgehead atoms. The summed E-state index contributed by atoms with van der Waals surface area (Å²) in [6.07, 6.45) is 6.02. The molecule has 0 unspecified atom stereocenters. The number of amides is 3. The van der Waals surface area contributed by atoms with Gasteiger partial charge in [0.25, 0.3) is 0 Å². The maximum absolute atomic E-state index is 14.3. The highest BCUT2D eigenvalue weighted by Crippen LogP contribution is 2.55. The standard InChI is InChI=1S/C44H49N7O6/c1-44(2,3)57-43(54)51-34-20-28(34)22-36(51)39-45-30-11-8-24(18-32(30)47-39)6-5-23-7-10-29-26(17-23)9-12-31-38(29)48-40(46-31)35-21-27-19-33(27)50(35)41(52)37(49-42(53)55-4)25-13-15-56-16-14-25/h7-8,10-11,17-18,25,27-28,33-37H,9,12-16,19-22H2,1-4H3,(H,45,47)(H,46,48)(H,49,53)/t27-,28-,33-,34-,35+,36+,37+/m1/s1. The topological polar surface area (TPSA) is 155 Å². The fourth-order valence-corrected chi connectivity index (χ4v) is 9.84. The van der Waals surface area contributed by atoms with Crippen molar-refractivity contribution in [2.45, 2.75) is 108 Å². The SMILES string of the molecule is COC(=O)N[C@H](C(=O)N1[C@@H]2C[C@@H]2C[C@H]1c1nc2c([nH]1)CCc1cc(C#Cc3ccc4nc([C@@H]5C[C@H]6C[C@H]6N5C(=O)OC(C)(C)C)[nH]c4c3)ccc1-2)C1CCOCC1. The first-order valence-electron chi connectivity index (χ1n) is 20.5. The van der Waals surface area contributed by atoms with Gasteiger partial charge in [-0.3, -0.25) is 9.69 Å². The Kier molecular flexibility index (Phi) is 8.62. The summed E-state index contributed by atoms with van der Waals surface area (Å²) in [6, 6.07) is 11.8. The maximum Gasteiger partial charge on any atom is 0.411 e. The number of hydrogen-bond donors (Lipinski definition) is 3. The van der Waals surface area contributed by atoms with Crippen LogP contribution >= 0.6 is 0 Å². The minimum absolute atomic E-state index is 0.00950. The number of imidazole rings is 2. The van der Waals surface area contributed by atoms with E-state index in [-0.39, 0.29) is 42.1 Å². The summed E-state index contributed by atoms with van der Waals surface area (Å²) in [4.78, 5) is 60.9. The molecule has 5 fully saturated rings. The molecule has 57 heavy (non-hydrogen) atoms. The Morgan fingerprint density at radius 2 is 1.56 bits per heavy atom. The van der Waals surface area contributed by atoms with Gasteiger partial charge in [0.1, 0.15) is 23.3 Å². The van der Waals surface area contributed by atoms with Crippen molar-refractivity contribution in [3.8, 4) is 23.1 Å². The van der Waals surface area contributed by atoms with Crippen molar-refractivity contribution >= 4 is 29.1 Å². The molecular weight excluding hydrogens is 723 g/mol. The smallest absolute Gasteiger partial charge is 0.411 e. The molecule has 2 aromatic carbocycles. The van der Waals surface area contributed by atoms with Crippen molar-refractivity contribution in [1.82, 2.24) is 35.1 Å². The fourth-order valence-electron chi connectivity index (χ4n) is 9.84. The number of likely N-dealkylation sites (tertiary alicyclic amines) is 2. The molecular formula is C44H49N7O6. The molecule has 296 valence electrons. The predicted octanol–water partition coefficient (Wildman–Crippen LogP) is 6.33. The quantitative estimate of drug-likeness (QED) is 0.199. The van der Waals surface area contributed by atoms with E-state index >= 15 is 0 Å². The second kappa shape index (κ2) is 13.6. The molecule has 13 nitrogen and oxygen atoms in total. The van der Waals surface area contributed by atoms with Gasteiger partial charge < -0.3 is 34.4 Å². The van der Waals surface area contributed by atoms with Crippen LogP contribution in [0, 0.1) is 29.6 Å². The molecule has 13 heteroatoms. The first-order valence-corrected chi connectivity index (χ1v) is 20.5. The van der Waals surface area contributed by atoms with Gasteiger partial charge in [-0.25, -0.2) is 19.6 Å². The Labute approximate surface area is 331 Å². The molecule has 2 saturated carbocycles. The lowest BCUT2D eigenvalue weighted by atomic mass is 9.90. The highest BCUT2D eigenvalue weighted by Gasteiger charge is 2.57. The van der Waals surface area contributed by atoms with E-state index in [2.05, 4.69) is 45.3 Å². The number of rotatable bonds is 5. The number of ether oxygens (including phenoxy) is 3. The molecule has 5 heterocycles. The molecule has 10 rings (SSSR count). The Bertz CT molecular complexity index is 2340. The largest absolute Gasteiger partial charge is 0.453 e. The van der Waals surface area contributed by atoms with Gasteiger partial charge in [-0.05, 0) is 126 Å². The van der Waals surface area contributed by atoms with Crippen LogP contribution in [0.2, 0.25) is 0 Å². The number of piperidine rings is 2. The first kappa shape index (κ1) is 36.0. The molecule has 3 N–H and O–H groups in total. The zero-order valence-corrected chi connectivity index (χ0v) is 32.9. The number of nitrogens with one attached hydrogen (secondary N) is 3. The lowest BCUT2D eigenvalue weighted by Gasteiger charge is -2.35. The number of aromatic amines is 2. The summed E-state index contributed by atoms with van der Waals surface area (Å²) < 4.78 is 16.3. The summed E-state index contributed by atoms with van der Waals surface area (Å²) in [6.45, 7) is 6.85. The van der Waals surface area contributed by atoms with E-state index in [1.54, 1.807) is 0 Å². The number of carbonyl (C=O) groups excluding carboxylic acids is 3. The zero-order chi connectivity index (χ0) is 39.2. The molecule has 6 aliphatic rings. The van der Waals surface area contributed by atoms with Crippen molar-refractivity contribution in [2.24, 2.45) is 17.8 Å². The number of H-pyrrole nitrogens is 2. The van der Waals surface area contributed by atoms with Crippen LogP contribution in [0.3, 0.4) is 0 Å². The van der Waals surface area contributed by atoms with Gasteiger partial charge in [0.05, 0.1) is 35.9 Å². The summed E-state index contributed by atoms with van der Waals surface area (Å²) in [5.41, 5.74) is 7.33. The highest BCUT2D eigenvalue weighted by atomic mass is 16.6. The average Bonchev–Trinajstić information content (AvgIpc) is 3.85. The van der Waals surface area contributed by atoms with Crippen LogP contribution in [0.1, 0.15) is 105 Å². The van der Waals surface area contributed by atoms with Crippen molar-refractivity contribution in [1.29, 1.82) is 0 Å². The van der Waals surface area contributed by atoms with E-state index in [4.69, 9.17) is 24.2 Å². The van der Waals surface area contributed by atoms with Gasteiger partial charge in [-0.2, -0.15) is 0 Å². The second-order valence-electron chi connectivity index (χ2n) is 17.8.